The van der Waals surface area contributed by atoms with Crippen LogP contribution in [-0.4, -0.2) is 11.6 Å². The first-order chi connectivity index (χ1) is 7.89. The van der Waals surface area contributed by atoms with Crippen molar-refractivity contribution in [1.82, 2.24) is 0 Å². The molecule has 3 heteroatoms. The summed E-state index contributed by atoms with van der Waals surface area (Å²) in [4.78, 5) is 24.1. The standard InChI is InChI=1S/C14H15BrO2/c1-14(2)7-11(16)13(12(17)8-14)9-3-5-10(15)6-4-9/h3-6,13H,7-8H2,1-2H3. The van der Waals surface area contributed by atoms with Crippen LogP contribution in [0.2, 0.25) is 0 Å². The maximum atomic E-state index is 12.1. The maximum Gasteiger partial charge on any atom is 0.148 e. The summed E-state index contributed by atoms with van der Waals surface area (Å²) in [6.45, 7) is 3.95. The van der Waals surface area contributed by atoms with Crippen LogP contribution in [0.4, 0.5) is 0 Å². The third-order valence-corrected chi connectivity index (χ3v) is 3.68. The summed E-state index contributed by atoms with van der Waals surface area (Å²) in [6.07, 6.45) is 0.971. The summed E-state index contributed by atoms with van der Waals surface area (Å²) < 4.78 is 0.956. The lowest BCUT2D eigenvalue weighted by Gasteiger charge is -2.32. The van der Waals surface area contributed by atoms with Crippen LogP contribution in [0.3, 0.4) is 0 Å². The van der Waals surface area contributed by atoms with Gasteiger partial charge in [0.1, 0.15) is 17.5 Å². The van der Waals surface area contributed by atoms with Gasteiger partial charge in [-0.25, -0.2) is 0 Å². The molecular formula is C14H15BrO2. The molecule has 1 aromatic rings. The van der Waals surface area contributed by atoms with E-state index in [9.17, 15) is 9.59 Å². The molecule has 0 aromatic heterocycles. The van der Waals surface area contributed by atoms with E-state index in [-0.39, 0.29) is 17.0 Å². The fourth-order valence-electron chi connectivity index (χ4n) is 2.42. The Labute approximate surface area is 110 Å². The molecule has 1 fully saturated rings. The number of benzene rings is 1. The predicted molar refractivity (Wildman–Crippen MR) is 69.9 cm³/mol. The second kappa shape index (κ2) is 4.37. The number of ketones is 2. The summed E-state index contributed by atoms with van der Waals surface area (Å²) in [5, 5.41) is 0. The van der Waals surface area contributed by atoms with E-state index in [1.165, 1.54) is 0 Å². The van der Waals surface area contributed by atoms with Gasteiger partial charge in [-0.2, -0.15) is 0 Å². The van der Waals surface area contributed by atoms with E-state index < -0.39 is 5.92 Å². The van der Waals surface area contributed by atoms with Crippen molar-refractivity contribution in [3.8, 4) is 0 Å². The van der Waals surface area contributed by atoms with Crippen LogP contribution in [0.15, 0.2) is 28.7 Å². The van der Waals surface area contributed by atoms with Crippen LogP contribution in [0, 0.1) is 5.41 Å². The molecule has 2 nitrogen and oxygen atoms in total. The van der Waals surface area contributed by atoms with Gasteiger partial charge in [0.15, 0.2) is 0 Å². The number of hydrogen-bond acceptors (Lipinski definition) is 2. The molecular weight excluding hydrogens is 280 g/mol. The zero-order valence-electron chi connectivity index (χ0n) is 10.00. The highest BCUT2D eigenvalue weighted by molar-refractivity contribution is 9.10. The Morgan fingerprint density at radius 1 is 1.06 bits per heavy atom. The Balaban J connectivity index is 2.30. The van der Waals surface area contributed by atoms with Crippen molar-refractivity contribution in [3.05, 3.63) is 34.3 Å². The SMILES string of the molecule is CC1(C)CC(=O)C(c2ccc(Br)cc2)C(=O)C1. The predicted octanol–water partition coefficient (Wildman–Crippen LogP) is 3.49. The summed E-state index contributed by atoms with van der Waals surface area (Å²) in [6, 6.07) is 7.44. The number of carbonyl (C=O) groups is 2. The summed E-state index contributed by atoms with van der Waals surface area (Å²) in [5.41, 5.74) is 0.638. The number of halogens is 1. The average Bonchev–Trinajstić information content (AvgIpc) is 2.18. The Hall–Kier alpha value is -0.960. The van der Waals surface area contributed by atoms with Crippen molar-refractivity contribution in [2.24, 2.45) is 5.41 Å². The van der Waals surface area contributed by atoms with Crippen LogP contribution in [0.1, 0.15) is 38.2 Å². The lowest BCUT2D eigenvalue weighted by Crippen LogP contribution is -2.36. The zero-order chi connectivity index (χ0) is 12.6. The number of rotatable bonds is 1. The highest BCUT2D eigenvalue weighted by Gasteiger charge is 2.40. The summed E-state index contributed by atoms with van der Waals surface area (Å²) >= 11 is 3.35. The second-order valence-corrected chi connectivity index (χ2v) is 6.35. The molecule has 0 atom stereocenters. The first-order valence-electron chi connectivity index (χ1n) is 5.70. The van der Waals surface area contributed by atoms with Crippen LogP contribution in [0.5, 0.6) is 0 Å². The largest absolute Gasteiger partial charge is 0.299 e. The molecule has 90 valence electrons. The monoisotopic (exact) mass is 294 g/mol. The van der Waals surface area contributed by atoms with Gasteiger partial charge in [-0.05, 0) is 23.1 Å². The van der Waals surface area contributed by atoms with Gasteiger partial charge in [-0.15, -0.1) is 0 Å². The van der Waals surface area contributed by atoms with Crippen LogP contribution in [0.25, 0.3) is 0 Å². The average molecular weight is 295 g/mol. The number of Topliss-reactive ketones (excluding diaryl/α,β-unsaturated/α-hetero) is 2. The van der Waals surface area contributed by atoms with Gasteiger partial charge in [0.2, 0.25) is 0 Å². The minimum absolute atomic E-state index is 0.0496. The van der Waals surface area contributed by atoms with Crippen molar-refractivity contribution in [3.63, 3.8) is 0 Å². The number of hydrogen-bond donors (Lipinski definition) is 0. The Morgan fingerprint density at radius 3 is 2.00 bits per heavy atom. The van der Waals surface area contributed by atoms with Crippen LogP contribution >= 0.6 is 15.9 Å². The molecule has 0 bridgehead atoms. The van der Waals surface area contributed by atoms with Gasteiger partial charge in [0.25, 0.3) is 0 Å². The maximum absolute atomic E-state index is 12.1. The molecule has 1 aliphatic carbocycles. The van der Waals surface area contributed by atoms with Gasteiger partial charge in [0.05, 0.1) is 0 Å². The summed E-state index contributed by atoms with van der Waals surface area (Å²) in [5.74, 6) is -0.446. The molecule has 2 rings (SSSR count). The van der Waals surface area contributed by atoms with Gasteiger partial charge in [0, 0.05) is 17.3 Å². The van der Waals surface area contributed by atoms with Gasteiger partial charge in [-0.1, -0.05) is 41.9 Å². The minimum Gasteiger partial charge on any atom is -0.299 e. The zero-order valence-corrected chi connectivity index (χ0v) is 11.6. The molecule has 0 amide bonds. The molecule has 0 aliphatic heterocycles. The molecule has 0 saturated heterocycles. The summed E-state index contributed by atoms with van der Waals surface area (Å²) in [7, 11) is 0. The Kier molecular flexibility index (Phi) is 3.21. The molecule has 1 aromatic carbocycles. The fraction of sp³-hybridized carbons (Fsp3) is 0.429. The second-order valence-electron chi connectivity index (χ2n) is 5.43. The van der Waals surface area contributed by atoms with Crippen molar-refractivity contribution >= 4 is 27.5 Å². The molecule has 17 heavy (non-hydrogen) atoms. The first kappa shape index (κ1) is 12.5. The molecule has 0 spiro atoms. The van der Waals surface area contributed by atoms with E-state index >= 15 is 0 Å². The number of carbonyl (C=O) groups excluding carboxylic acids is 2. The van der Waals surface area contributed by atoms with Gasteiger partial charge < -0.3 is 0 Å². The van der Waals surface area contributed by atoms with E-state index in [1.54, 1.807) is 0 Å². The Morgan fingerprint density at radius 2 is 1.53 bits per heavy atom. The highest BCUT2D eigenvalue weighted by atomic mass is 79.9. The lowest BCUT2D eigenvalue weighted by molar-refractivity contribution is -0.135. The van der Waals surface area contributed by atoms with E-state index in [0.717, 1.165) is 10.0 Å². The molecule has 0 N–H and O–H groups in total. The van der Waals surface area contributed by atoms with Crippen LogP contribution < -0.4 is 0 Å². The molecule has 0 radical (unpaired) electrons. The quantitative estimate of drug-likeness (QED) is 0.743. The van der Waals surface area contributed by atoms with E-state index in [0.29, 0.717) is 12.8 Å². The topological polar surface area (TPSA) is 34.1 Å². The fourth-order valence-corrected chi connectivity index (χ4v) is 2.68. The smallest absolute Gasteiger partial charge is 0.148 e. The molecule has 1 saturated carbocycles. The van der Waals surface area contributed by atoms with Gasteiger partial charge in [-0.3, -0.25) is 9.59 Å². The lowest BCUT2D eigenvalue weighted by atomic mass is 9.70. The highest BCUT2D eigenvalue weighted by Crippen LogP contribution is 2.38. The normalized spacial score (nSPS) is 20.6. The van der Waals surface area contributed by atoms with Crippen molar-refractivity contribution in [1.29, 1.82) is 0 Å². The van der Waals surface area contributed by atoms with E-state index in [2.05, 4.69) is 15.9 Å². The van der Waals surface area contributed by atoms with E-state index in [4.69, 9.17) is 0 Å². The molecule has 0 heterocycles. The van der Waals surface area contributed by atoms with Crippen molar-refractivity contribution < 1.29 is 9.59 Å². The van der Waals surface area contributed by atoms with Crippen molar-refractivity contribution in [2.45, 2.75) is 32.6 Å². The molecule has 1 aliphatic rings. The van der Waals surface area contributed by atoms with Crippen molar-refractivity contribution in [2.75, 3.05) is 0 Å². The third kappa shape index (κ3) is 2.65. The third-order valence-electron chi connectivity index (χ3n) is 3.15. The van der Waals surface area contributed by atoms with Crippen LogP contribution in [-0.2, 0) is 9.59 Å². The first-order valence-corrected chi connectivity index (χ1v) is 6.49. The Bertz CT molecular complexity index is 440. The van der Waals surface area contributed by atoms with E-state index in [1.807, 2.05) is 38.1 Å². The minimum atomic E-state index is -0.545. The molecule has 0 unspecified atom stereocenters. The van der Waals surface area contributed by atoms with Gasteiger partial charge >= 0.3 is 0 Å².